The highest BCUT2D eigenvalue weighted by atomic mass is 19.1. The average molecular weight is 375 g/mol. The van der Waals surface area contributed by atoms with E-state index in [-0.39, 0.29) is 17.8 Å². The number of fused-ring (bicyclic) bond motifs is 2. The van der Waals surface area contributed by atoms with Gasteiger partial charge in [-0.3, -0.25) is 4.79 Å². The third-order valence-corrected chi connectivity index (χ3v) is 6.67. The summed E-state index contributed by atoms with van der Waals surface area (Å²) in [5, 5.41) is 3.61. The summed E-state index contributed by atoms with van der Waals surface area (Å²) in [6.07, 6.45) is 4.41. The monoisotopic (exact) mass is 374 g/mol. The van der Waals surface area contributed by atoms with Gasteiger partial charge in [0.25, 0.3) is 5.91 Å². The van der Waals surface area contributed by atoms with Crippen molar-refractivity contribution in [1.82, 2.24) is 15.1 Å². The summed E-state index contributed by atoms with van der Waals surface area (Å²) in [7, 11) is 1.87. The number of amides is 1. The van der Waals surface area contributed by atoms with Gasteiger partial charge in [-0.1, -0.05) is 6.92 Å². The van der Waals surface area contributed by atoms with Gasteiger partial charge in [0.2, 0.25) is 0 Å². The minimum Gasteiger partial charge on any atom is -0.367 e. The van der Waals surface area contributed by atoms with E-state index in [1.807, 2.05) is 11.9 Å². The SMILES string of the molecule is CCN1CCN(c2ccc(C(=O)N(C)C3CC4CCC(C3)N4)cc2F)CC1. The lowest BCUT2D eigenvalue weighted by molar-refractivity contribution is 0.0681. The van der Waals surface area contributed by atoms with Crippen LogP contribution in [0.3, 0.4) is 0 Å². The number of likely N-dealkylation sites (N-methyl/N-ethyl adjacent to an activating group) is 1. The third kappa shape index (κ3) is 3.83. The molecule has 0 radical (unpaired) electrons. The first-order valence-electron chi connectivity index (χ1n) is 10.3. The van der Waals surface area contributed by atoms with Crippen LogP contribution in [-0.2, 0) is 0 Å². The predicted molar refractivity (Wildman–Crippen MR) is 106 cm³/mol. The molecule has 0 saturated carbocycles. The molecule has 4 rings (SSSR count). The fourth-order valence-corrected chi connectivity index (χ4v) is 4.91. The predicted octanol–water partition coefficient (Wildman–Crippen LogP) is 2.32. The first-order chi connectivity index (χ1) is 13.0. The zero-order valence-corrected chi connectivity index (χ0v) is 16.5. The number of benzene rings is 1. The zero-order valence-electron chi connectivity index (χ0n) is 16.5. The fourth-order valence-electron chi connectivity index (χ4n) is 4.91. The molecule has 3 saturated heterocycles. The van der Waals surface area contributed by atoms with Crippen LogP contribution in [0.2, 0.25) is 0 Å². The molecule has 148 valence electrons. The van der Waals surface area contributed by atoms with E-state index in [9.17, 15) is 9.18 Å². The van der Waals surface area contributed by atoms with Crippen LogP contribution in [0.15, 0.2) is 18.2 Å². The molecule has 5 nitrogen and oxygen atoms in total. The lowest BCUT2D eigenvalue weighted by atomic mass is 9.98. The topological polar surface area (TPSA) is 38.8 Å². The van der Waals surface area contributed by atoms with E-state index >= 15 is 0 Å². The molecule has 1 N–H and O–H groups in total. The van der Waals surface area contributed by atoms with Crippen molar-refractivity contribution < 1.29 is 9.18 Å². The van der Waals surface area contributed by atoms with Crippen molar-refractivity contribution in [3.05, 3.63) is 29.6 Å². The van der Waals surface area contributed by atoms with Gasteiger partial charge in [0.05, 0.1) is 5.69 Å². The van der Waals surface area contributed by atoms with E-state index < -0.39 is 0 Å². The molecule has 1 aromatic rings. The Bertz CT molecular complexity index is 677. The number of piperazine rings is 1. The maximum atomic E-state index is 14.8. The second kappa shape index (κ2) is 7.76. The number of halogens is 1. The second-order valence-electron chi connectivity index (χ2n) is 8.27. The van der Waals surface area contributed by atoms with Crippen molar-refractivity contribution in [3.63, 3.8) is 0 Å². The van der Waals surface area contributed by atoms with E-state index in [0.29, 0.717) is 23.3 Å². The Hall–Kier alpha value is -1.66. The lowest BCUT2D eigenvalue weighted by Crippen LogP contribution is -2.48. The second-order valence-corrected chi connectivity index (χ2v) is 8.27. The molecule has 27 heavy (non-hydrogen) atoms. The molecule has 3 heterocycles. The van der Waals surface area contributed by atoms with Gasteiger partial charge in [-0.2, -0.15) is 0 Å². The first-order valence-corrected chi connectivity index (χ1v) is 10.3. The molecule has 3 aliphatic rings. The zero-order chi connectivity index (χ0) is 19.0. The van der Waals surface area contributed by atoms with Crippen LogP contribution in [0.25, 0.3) is 0 Å². The number of carbonyl (C=O) groups excluding carboxylic acids is 1. The highest BCUT2D eigenvalue weighted by Crippen LogP contribution is 2.30. The summed E-state index contributed by atoms with van der Waals surface area (Å²) in [6, 6.07) is 6.31. The summed E-state index contributed by atoms with van der Waals surface area (Å²) in [6.45, 7) is 6.76. The first kappa shape index (κ1) is 18.7. The van der Waals surface area contributed by atoms with Gasteiger partial charge in [-0.15, -0.1) is 0 Å². The highest BCUT2D eigenvalue weighted by molar-refractivity contribution is 5.94. The Labute approximate surface area is 161 Å². The molecule has 0 aliphatic carbocycles. The van der Waals surface area contributed by atoms with Crippen LogP contribution in [0.4, 0.5) is 10.1 Å². The molecule has 3 fully saturated rings. The van der Waals surface area contributed by atoms with Gasteiger partial charge < -0.3 is 20.0 Å². The fraction of sp³-hybridized carbons (Fsp3) is 0.667. The molecular formula is C21H31FN4O. The van der Waals surface area contributed by atoms with Crippen LogP contribution in [0, 0.1) is 5.82 Å². The molecule has 0 aromatic heterocycles. The number of nitrogens with zero attached hydrogens (tertiary/aromatic N) is 3. The Kier molecular flexibility index (Phi) is 5.37. The van der Waals surface area contributed by atoms with Crippen molar-refractivity contribution in [3.8, 4) is 0 Å². The number of nitrogens with one attached hydrogen (secondary N) is 1. The summed E-state index contributed by atoms with van der Waals surface area (Å²) < 4.78 is 14.8. The van der Waals surface area contributed by atoms with Crippen LogP contribution in [0.1, 0.15) is 43.0 Å². The summed E-state index contributed by atoms with van der Waals surface area (Å²) in [5.41, 5.74) is 1.07. The van der Waals surface area contributed by atoms with Gasteiger partial charge in [-0.05, 0) is 50.4 Å². The van der Waals surface area contributed by atoms with E-state index in [1.54, 1.807) is 12.1 Å². The van der Waals surface area contributed by atoms with Crippen molar-refractivity contribution in [2.45, 2.75) is 50.7 Å². The minimum absolute atomic E-state index is 0.0671. The van der Waals surface area contributed by atoms with Crippen LogP contribution >= 0.6 is 0 Å². The molecule has 2 bridgehead atoms. The van der Waals surface area contributed by atoms with Gasteiger partial charge in [0, 0.05) is 56.9 Å². The quantitative estimate of drug-likeness (QED) is 0.878. The van der Waals surface area contributed by atoms with Crippen LogP contribution < -0.4 is 10.2 Å². The summed E-state index contributed by atoms with van der Waals surface area (Å²) >= 11 is 0. The Balaban J connectivity index is 1.43. The summed E-state index contributed by atoms with van der Waals surface area (Å²) in [4.78, 5) is 19.2. The number of hydrogen-bond acceptors (Lipinski definition) is 4. The Morgan fingerprint density at radius 3 is 2.44 bits per heavy atom. The van der Waals surface area contributed by atoms with E-state index in [4.69, 9.17) is 0 Å². The molecule has 0 spiro atoms. The lowest BCUT2D eigenvalue weighted by Gasteiger charge is -2.36. The minimum atomic E-state index is -0.287. The van der Waals surface area contributed by atoms with Crippen molar-refractivity contribution in [2.75, 3.05) is 44.7 Å². The van der Waals surface area contributed by atoms with E-state index in [2.05, 4.69) is 22.0 Å². The molecule has 3 aliphatic heterocycles. The summed E-state index contributed by atoms with van der Waals surface area (Å²) in [5.74, 6) is -0.355. The maximum Gasteiger partial charge on any atom is 0.253 e. The number of anilines is 1. The maximum absolute atomic E-state index is 14.8. The van der Waals surface area contributed by atoms with Gasteiger partial charge in [-0.25, -0.2) is 4.39 Å². The molecule has 2 atom stereocenters. The normalized spacial score (nSPS) is 28.4. The average Bonchev–Trinajstić information content (AvgIpc) is 3.04. The van der Waals surface area contributed by atoms with E-state index in [0.717, 1.165) is 45.6 Å². The number of piperidine rings is 1. The number of hydrogen-bond donors (Lipinski definition) is 1. The number of carbonyl (C=O) groups is 1. The molecule has 2 unspecified atom stereocenters. The van der Waals surface area contributed by atoms with Crippen molar-refractivity contribution >= 4 is 11.6 Å². The molecule has 1 aromatic carbocycles. The van der Waals surface area contributed by atoms with Gasteiger partial charge in [0.15, 0.2) is 0 Å². The van der Waals surface area contributed by atoms with E-state index in [1.165, 1.54) is 18.9 Å². The Morgan fingerprint density at radius 1 is 1.19 bits per heavy atom. The molecule has 6 heteroatoms. The largest absolute Gasteiger partial charge is 0.367 e. The molecule has 1 amide bonds. The van der Waals surface area contributed by atoms with Gasteiger partial charge in [0.1, 0.15) is 5.82 Å². The Morgan fingerprint density at radius 2 is 1.85 bits per heavy atom. The number of rotatable bonds is 4. The standard InChI is InChI=1S/C21H31FN4O/c1-3-25-8-10-26(11-9-25)20-7-4-15(12-19(20)22)21(27)24(2)18-13-16-5-6-17(14-18)23-16/h4,7,12,16-18,23H,3,5-6,8-11,13-14H2,1-2H3. The van der Waals surface area contributed by atoms with Crippen LogP contribution in [0.5, 0.6) is 0 Å². The van der Waals surface area contributed by atoms with Crippen LogP contribution in [-0.4, -0.2) is 73.6 Å². The molecular weight excluding hydrogens is 343 g/mol. The van der Waals surface area contributed by atoms with Crippen molar-refractivity contribution in [2.24, 2.45) is 0 Å². The van der Waals surface area contributed by atoms with Gasteiger partial charge >= 0.3 is 0 Å². The van der Waals surface area contributed by atoms with Crippen molar-refractivity contribution in [1.29, 1.82) is 0 Å². The smallest absolute Gasteiger partial charge is 0.253 e. The third-order valence-electron chi connectivity index (χ3n) is 6.67. The highest BCUT2D eigenvalue weighted by Gasteiger charge is 2.36.